The van der Waals surface area contributed by atoms with E-state index in [0.717, 1.165) is 5.69 Å². The van der Waals surface area contributed by atoms with Gasteiger partial charge in [0, 0.05) is 29.3 Å². The molecule has 0 unspecified atom stereocenters. The number of nitrogens with one attached hydrogen (secondary N) is 1. The molecule has 3 N–H and O–H groups in total. The molecule has 106 valence electrons. The Morgan fingerprint density at radius 2 is 2.00 bits per heavy atom. The topological polar surface area (TPSA) is 68.0 Å². The van der Waals surface area contributed by atoms with Crippen LogP contribution in [0.2, 0.25) is 0 Å². The van der Waals surface area contributed by atoms with E-state index in [-0.39, 0.29) is 11.3 Å². The zero-order valence-electron chi connectivity index (χ0n) is 12.4. The Morgan fingerprint density at radius 1 is 1.32 bits per heavy atom. The second-order valence-corrected chi connectivity index (χ2v) is 6.20. The molecule has 1 aromatic rings. The lowest BCUT2D eigenvalue weighted by atomic mass is 9.85. The Bertz CT molecular complexity index is 413. The molecule has 0 fully saturated rings. The third-order valence-corrected chi connectivity index (χ3v) is 3.43. The normalized spacial score (nSPS) is 12.3. The molecule has 0 spiro atoms. The summed E-state index contributed by atoms with van der Waals surface area (Å²) in [5, 5.41) is 3.01. The Labute approximate surface area is 115 Å². The monoisotopic (exact) mass is 263 g/mol. The second kappa shape index (κ2) is 6.15. The van der Waals surface area contributed by atoms with Crippen LogP contribution in [0, 0.1) is 5.41 Å². The van der Waals surface area contributed by atoms with Crippen molar-refractivity contribution in [1.29, 1.82) is 0 Å². The quantitative estimate of drug-likeness (QED) is 0.823. The van der Waals surface area contributed by atoms with Gasteiger partial charge >= 0.3 is 0 Å². The number of hydrogen-bond acceptors (Lipinski definition) is 3. The first-order valence-electron chi connectivity index (χ1n) is 6.69. The van der Waals surface area contributed by atoms with E-state index in [2.05, 4.69) is 24.1 Å². The van der Waals surface area contributed by atoms with Crippen molar-refractivity contribution in [3.63, 3.8) is 0 Å². The van der Waals surface area contributed by atoms with Gasteiger partial charge in [-0.2, -0.15) is 0 Å². The number of amides is 1. The van der Waals surface area contributed by atoms with Gasteiger partial charge in [-0.3, -0.25) is 9.78 Å². The lowest BCUT2D eigenvalue weighted by Crippen LogP contribution is -2.44. The zero-order valence-corrected chi connectivity index (χ0v) is 12.4. The summed E-state index contributed by atoms with van der Waals surface area (Å²) in [6, 6.07) is 5.84. The van der Waals surface area contributed by atoms with Crippen LogP contribution in [0.4, 0.5) is 0 Å². The molecule has 0 saturated heterocycles. The van der Waals surface area contributed by atoms with Crippen molar-refractivity contribution in [1.82, 2.24) is 10.3 Å². The van der Waals surface area contributed by atoms with E-state index in [0.29, 0.717) is 19.5 Å². The highest BCUT2D eigenvalue weighted by atomic mass is 16.2. The van der Waals surface area contributed by atoms with E-state index in [1.165, 1.54) is 0 Å². The standard InChI is InChI=1S/C15H25N3O/c1-14(2,8-9-16)13(19)18-11-15(3,4)12-7-5-6-10-17-12/h5-7,10H,8-9,11,16H2,1-4H3,(H,18,19). The SMILES string of the molecule is CC(C)(CCN)C(=O)NCC(C)(C)c1ccccn1. The molecular weight excluding hydrogens is 238 g/mol. The molecule has 0 atom stereocenters. The third kappa shape index (κ3) is 4.31. The Morgan fingerprint density at radius 3 is 2.53 bits per heavy atom. The molecular formula is C15H25N3O. The number of aromatic nitrogens is 1. The van der Waals surface area contributed by atoms with Gasteiger partial charge in [0.25, 0.3) is 0 Å². The summed E-state index contributed by atoms with van der Waals surface area (Å²) in [6.07, 6.45) is 2.46. The van der Waals surface area contributed by atoms with E-state index in [1.54, 1.807) is 6.20 Å². The Hall–Kier alpha value is -1.42. The maximum Gasteiger partial charge on any atom is 0.225 e. The molecule has 0 bridgehead atoms. The maximum atomic E-state index is 12.1. The molecule has 0 aliphatic heterocycles. The van der Waals surface area contributed by atoms with Crippen molar-refractivity contribution < 1.29 is 4.79 Å². The highest BCUT2D eigenvalue weighted by Crippen LogP contribution is 2.22. The van der Waals surface area contributed by atoms with Crippen LogP contribution in [-0.2, 0) is 10.2 Å². The first kappa shape index (κ1) is 15.6. The van der Waals surface area contributed by atoms with Crippen LogP contribution in [0.1, 0.15) is 39.8 Å². The second-order valence-electron chi connectivity index (χ2n) is 6.20. The summed E-state index contributed by atoms with van der Waals surface area (Å²) in [7, 11) is 0. The van der Waals surface area contributed by atoms with Gasteiger partial charge in [0.05, 0.1) is 0 Å². The molecule has 0 radical (unpaired) electrons. The third-order valence-electron chi connectivity index (χ3n) is 3.43. The van der Waals surface area contributed by atoms with Gasteiger partial charge < -0.3 is 11.1 Å². The van der Waals surface area contributed by atoms with Crippen molar-refractivity contribution in [2.45, 2.75) is 39.5 Å². The van der Waals surface area contributed by atoms with Crippen molar-refractivity contribution in [3.05, 3.63) is 30.1 Å². The van der Waals surface area contributed by atoms with Gasteiger partial charge in [-0.1, -0.05) is 33.8 Å². The zero-order chi connectivity index (χ0) is 14.5. The number of hydrogen-bond donors (Lipinski definition) is 2. The van der Waals surface area contributed by atoms with Gasteiger partial charge in [0.15, 0.2) is 0 Å². The highest BCUT2D eigenvalue weighted by Gasteiger charge is 2.29. The predicted octanol–water partition coefficient (Wildman–Crippen LogP) is 1.85. The summed E-state index contributed by atoms with van der Waals surface area (Å²) >= 11 is 0. The molecule has 1 amide bonds. The van der Waals surface area contributed by atoms with Gasteiger partial charge in [-0.05, 0) is 25.1 Å². The van der Waals surface area contributed by atoms with Crippen molar-refractivity contribution in [2.75, 3.05) is 13.1 Å². The lowest BCUT2D eigenvalue weighted by Gasteiger charge is -2.28. The summed E-state index contributed by atoms with van der Waals surface area (Å²) < 4.78 is 0. The number of carbonyl (C=O) groups is 1. The summed E-state index contributed by atoms with van der Waals surface area (Å²) in [6.45, 7) is 9.07. The van der Waals surface area contributed by atoms with Crippen LogP contribution < -0.4 is 11.1 Å². The minimum atomic E-state index is -0.422. The number of nitrogens with zero attached hydrogens (tertiary/aromatic N) is 1. The summed E-state index contributed by atoms with van der Waals surface area (Å²) in [5.41, 5.74) is 5.91. The van der Waals surface area contributed by atoms with Gasteiger partial charge in [0.2, 0.25) is 5.91 Å². The van der Waals surface area contributed by atoms with E-state index < -0.39 is 5.41 Å². The first-order valence-corrected chi connectivity index (χ1v) is 6.69. The van der Waals surface area contributed by atoms with Crippen molar-refractivity contribution in [2.24, 2.45) is 11.1 Å². The largest absolute Gasteiger partial charge is 0.355 e. The lowest BCUT2D eigenvalue weighted by molar-refractivity contribution is -0.129. The molecule has 4 nitrogen and oxygen atoms in total. The molecule has 0 aliphatic rings. The Kier molecular flexibility index (Phi) is 5.06. The molecule has 0 aliphatic carbocycles. The van der Waals surface area contributed by atoms with Crippen LogP contribution in [0.25, 0.3) is 0 Å². The van der Waals surface area contributed by atoms with E-state index in [1.807, 2.05) is 32.0 Å². The minimum Gasteiger partial charge on any atom is -0.355 e. The molecule has 1 heterocycles. The number of nitrogens with two attached hydrogens (primary N) is 1. The first-order chi connectivity index (χ1) is 8.79. The molecule has 1 rings (SSSR count). The van der Waals surface area contributed by atoms with Crippen molar-refractivity contribution in [3.8, 4) is 0 Å². The van der Waals surface area contributed by atoms with Gasteiger partial charge in [-0.25, -0.2) is 0 Å². The van der Waals surface area contributed by atoms with Crippen LogP contribution in [0.15, 0.2) is 24.4 Å². The van der Waals surface area contributed by atoms with E-state index in [4.69, 9.17) is 5.73 Å². The predicted molar refractivity (Wildman–Crippen MR) is 77.7 cm³/mol. The van der Waals surface area contributed by atoms with Crippen LogP contribution in [0.3, 0.4) is 0 Å². The number of pyridine rings is 1. The number of carbonyl (C=O) groups excluding carboxylic acids is 1. The average molecular weight is 263 g/mol. The number of rotatable bonds is 6. The Balaban J connectivity index is 2.64. The molecule has 19 heavy (non-hydrogen) atoms. The van der Waals surface area contributed by atoms with Crippen LogP contribution in [-0.4, -0.2) is 24.0 Å². The maximum absolute atomic E-state index is 12.1. The minimum absolute atomic E-state index is 0.0435. The molecule has 0 saturated carbocycles. The fraction of sp³-hybridized carbons (Fsp3) is 0.600. The molecule has 1 aromatic heterocycles. The molecule has 4 heteroatoms. The molecule has 0 aromatic carbocycles. The van der Waals surface area contributed by atoms with E-state index >= 15 is 0 Å². The summed E-state index contributed by atoms with van der Waals surface area (Å²) in [5.74, 6) is 0.0435. The highest BCUT2D eigenvalue weighted by molar-refractivity contribution is 5.81. The van der Waals surface area contributed by atoms with Gasteiger partial charge in [-0.15, -0.1) is 0 Å². The fourth-order valence-corrected chi connectivity index (χ4v) is 1.87. The van der Waals surface area contributed by atoms with Crippen LogP contribution in [0.5, 0.6) is 0 Å². The van der Waals surface area contributed by atoms with Gasteiger partial charge in [0.1, 0.15) is 0 Å². The fourth-order valence-electron chi connectivity index (χ4n) is 1.87. The average Bonchev–Trinajstić information content (AvgIpc) is 2.37. The smallest absolute Gasteiger partial charge is 0.225 e. The van der Waals surface area contributed by atoms with Crippen LogP contribution >= 0.6 is 0 Å². The van der Waals surface area contributed by atoms with Crippen molar-refractivity contribution >= 4 is 5.91 Å². The summed E-state index contributed by atoms with van der Waals surface area (Å²) in [4.78, 5) is 16.5. The van der Waals surface area contributed by atoms with E-state index in [9.17, 15) is 4.79 Å².